The van der Waals surface area contributed by atoms with Crippen molar-refractivity contribution in [2.24, 2.45) is 5.73 Å². The van der Waals surface area contributed by atoms with Crippen molar-refractivity contribution < 1.29 is 14.9 Å². The maximum Gasteiger partial charge on any atom is 0.368 e. The zero-order valence-corrected chi connectivity index (χ0v) is 10.7. The van der Waals surface area contributed by atoms with E-state index in [0.29, 0.717) is 0 Å². The van der Waals surface area contributed by atoms with Gasteiger partial charge in [-0.1, -0.05) is 5.92 Å². The number of aromatic nitrogens is 3. The van der Waals surface area contributed by atoms with E-state index in [1.165, 1.54) is 6.92 Å². The highest BCUT2D eigenvalue weighted by atomic mass is 16.6. The fraction of sp³-hybridized carbons (Fsp3) is 0.545. The Balaban J connectivity index is 2.50. The highest BCUT2D eigenvalue weighted by Gasteiger charge is 2.56. The van der Waals surface area contributed by atoms with E-state index in [1.807, 2.05) is 0 Å². The highest BCUT2D eigenvalue weighted by molar-refractivity contribution is 5.24. The van der Waals surface area contributed by atoms with E-state index in [1.54, 1.807) is 0 Å². The Bertz CT molecular complexity index is 610. The molecule has 0 radical (unpaired) electrons. The average molecular weight is 281 g/mol. The number of rotatable bonds is 2. The van der Waals surface area contributed by atoms with Gasteiger partial charge in [-0.05, 0) is 6.92 Å². The van der Waals surface area contributed by atoms with E-state index >= 15 is 0 Å². The van der Waals surface area contributed by atoms with Crippen LogP contribution in [0.2, 0.25) is 0 Å². The van der Waals surface area contributed by atoms with Crippen molar-refractivity contribution >= 4 is 5.82 Å². The minimum atomic E-state index is -1.73. The average Bonchev–Trinajstić information content (AvgIpc) is 2.64. The van der Waals surface area contributed by atoms with E-state index in [9.17, 15) is 15.0 Å². The summed E-state index contributed by atoms with van der Waals surface area (Å²) < 4.78 is 6.19. The van der Waals surface area contributed by atoms with Gasteiger partial charge in [0.1, 0.15) is 18.0 Å². The molecule has 0 saturated carbocycles. The van der Waals surface area contributed by atoms with Gasteiger partial charge in [-0.2, -0.15) is 14.8 Å². The molecule has 1 fully saturated rings. The van der Waals surface area contributed by atoms with Crippen LogP contribution in [0.4, 0.5) is 5.82 Å². The zero-order valence-electron chi connectivity index (χ0n) is 10.7. The molecule has 0 spiro atoms. The molecule has 1 aromatic rings. The van der Waals surface area contributed by atoms with Crippen molar-refractivity contribution in [3.63, 3.8) is 0 Å². The zero-order chi connectivity index (χ0) is 15.1. The maximum absolute atomic E-state index is 11.8. The third-order valence-electron chi connectivity index (χ3n) is 3.18. The lowest BCUT2D eigenvalue weighted by atomic mass is 9.90. The van der Waals surface area contributed by atoms with Crippen molar-refractivity contribution in [1.29, 1.82) is 0 Å². The van der Waals surface area contributed by atoms with Gasteiger partial charge >= 0.3 is 5.69 Å². The molecule has 20 heavy (non-hydrogen) atoms. The summed E-state index contributed by atoms with van der Waals surface area (Å²) in [6.45, 7) is 1.41. The van der Waals surface area contributed by atoms with Gasteiger partial charge in [0, 0.05) is 0 Å². The van der Waals surface area contributed by atoms with E-state index in [-0.39, 0.29) is 5.82 Å². The summed E-state index contributed by atoms with van der Waals surface area (Å²) in [5.41, 5.74) is 8.73. The number of aliphatic hydroxyl groups is 2. The van der Waals surface area contributed by atoms with E-state index < -0.39 is 35.8 Å². The van der Waals surface area contributed by atoms with Crippen molar-refractivity contribution in [3.8, 4) is 12.3 Å². The van der Waals surface area contributed by atoms with Gasteiger partial charge in [0.05, 0.1) is 12.3 Å². The summed E-state index contributed by atoms with van der Waals surface area (Å²) in [6.07, 6.45) is 1.75. The fourth-order valence-electron chi connectivity index (χ4n) is 2.07. The Labute approximate surface area is 114 Å². The highest BCUT2D eigenvalue weighted by Crippen LogP contribution is 2.36. The molecule has 0 amide bonds. The second-order valence-corrected chi connectivity index (χ2v) is 4.62. The van der Waals surface area contributed by atoms with Crippen molar-refractivity contribution in [1.82, 2.24) is 14.8 Å². The number of nitrogen functional groups attached to an aromatic ring is 1. The molecule has 0 aliphatic carbocycles. The number of terminal acetylenes is 1. The largest absolute Gasteiger partial charge is 0.391 e. The number of aliphatic hydroxyl groups excluding tert-OH is 2. The lowest BCUT2D eigenvalue weighted by Gasteiger charge is -2.26. The third-order valence-corrected chi connectivity index (χ3v) is 3.18. The van der Waals surface area contributed by atoms with Crippen molar-refractivity contribution in [2.45, 2.75) is 37.0 Å². The molecule has 9 heteroatoms. The predicted octanol–water partition coefficient (Wildman–Crippen LogP) is -2.81. The van der Waals surface area contributed by atoms with Gasteiger partial charge in [0.15, 0.2) is 11.8 Å². The summed E-state index contributed by atoms with van der Waals surface area (Å²) in [5.74, 6) is 2.13. The van der Waals surface area contributed by atoms with Crippen LogP contribution < -0.4 is 17.2 Å². The SMILES string of the molecule is C#CC1(N)C(O)[C@@H]([C@@H](C)O)O[C@H]1n1ncc(N)nc1=O. The first kappa shape index (κ1) is 14.4. The number of ether oxygens (including phenoxy) is 1. The van der Waals surface area contributed by atoms with Crippen LogP contribution in [0, 0.1) is 12.3 Å². The summed E-state index contributed by atoms with van der Waals surface area (Å²) in [7, 11) is 0. The van der Waals surface area contributed by atoms with E-state index in [0.717, 1.165) is 10.9 Å². The van der Waals surface area contributed by atoms with Gasteiger partial charge in [-0.25, -0.2) is 4.79 Å². The first-order chi connectivity index (χ1) is 9.31. The number of nitrogens with zero attached hydrogens (tertiary/aromatic N) is 3. The Kier molecular flexibility index (Phi) is 3.49. The van der Waals surface area contributed by atoms with Crippen LogP contribution in [0.1, 0.15) is 13.2 Å². The van der Waals surface area contributed by atoms with Gasteiger partial charge in [-0.3, -0.25) is 0 Å². The van der Waals surface area contributed by atoms with E-state index in [4.69, 9.17) is 22.6 Å². The minimum absolute atomic E-state index is 0.0693. The first-order valence-corrected chi connectivity index (χ1v) is 5.81. The van der Waals surface area contributed by atoms with Gasteiger partial charge in [-0.15, -0.1) is 6.42 Å². The van der Waals surface area contributed by atoms with Gasteiger partial charge in [0.2, 0.25) is 0 Å². The topological polar surface area (TPSA) is 150 Å². The van der Waals surface area contributed by atoms with Gasteiger partial charge in [0.25, 0.3) is 0 Å². The quantitative estimate of drug-likeness (QED) is 0.424. The molecule has 0 bridgehead atoms. The Morgan fingerprint density at radius 2 is 2.35 bits per heavy atom. The molecule has 0 aromatic carbocycles. The van der Waals surface area contributed by atoms with Crippen LogP contribution in [0.15, 0.2) is 11.0 Å². The molecule has 1 saturated heterocycles. The van der Waals surface area contributed by atoms with Crippen LogP contribution in [0.25, 0.3) is 0 Å². The van der Waals surface area contributed by atoms with Crippen molar-refractivity contribution in [3.05, 3.63) is 16.7 Å². The molecule has 1 aliphatic heterocycles. The van der Waals surface area contributed by atoms with Crippen LogP contribution >= 0.6 is 0 Å². The third kappa shape index (κ3) is 2.04. The second-order valence-electron chi connectivity index (χ2n) is 4.62. The number of hydrogen-bond donors (Lipinski definition) is 4. The molecule has 2 rings (SSSR count). The van der Waals surface area contributed by atoms with Gasteiger partial charge < -0.3 is 26.4 Å². The summed E-state index contributed by atoms with van der Waals surface area (Å²) >= 11 is 0. The molecule has 108 valence electrons. The number of nitrogens with two attached hydrogens (primary N) is 2. The Morgan fingerprint density at radius 1 is 1.70 bits per heavy atom. The van der Waals surface area contributed by atoms with Crippen LogP contribution in [-0.4, -0.2) is 48.8 Å². The molecule has 6 N–H and O–H groups in total. The molecule has 1 aliphatic rings. The lowest BCUT2D eigenvalue weighted by Crippen LogP contribution is -2.55. The molecule has 5 atom stereocenters. The molecule has 1 aromatic heterocycles. The smallest absolute Gasteiger partial charge is 0.368 e. The number of anilines is 1. The summed E-state index contributed by atoms with van der Waals surface area (Å²) in [5, 5.41) is 23.4. The van der Waals surface area contributed by atoms with Crippen LogP contribution in [-0.2, 0) is 4.74 Å². The monoisotopic (exact) mass is 281 g/mol. The van der Waals surface area contributed by atoms with Crippen LogP contribution in [0.5, 0.6) is 0 Å². The van der Waals surface area contributed by atoms with Crippen LogP contribution in [0.3, 0.4) is 0 Å². The predicted molar refractivity (Wildman–Crippen MR) is 68.1 cm³/mol. The normalized spacial score (nSPS) is 34.6. The molecule has 2 heterocycles. The summed E-state index contributed by atoms with van der Waals surface area (Å²) in [4.78, 5) is 15.3. The molecular weight excluding hydrogens is 266 g/mol. The number of hydrogen-bond acceptors (Lipinski definition) is 8. The fourth-order valence-corrected chi connectivity index (χ4v) is 2.07. The second kappa shape index (κ2) is 4.84. The lowest BCUT2D eigenvalue weighted by molar-refractivity contribution is -0.0816. The molecular formula is C11H15N5O4. The standard InChI is InChI=1S/C11H15N5O4/c1-3-11(13)8(18)7(5(2)17)20-9(11)16-10(19)15-6(12)4-14-16/h1,4-5,7-9,17-18H,13H2,2H3,(H2,12,15,19)/t5-,7-,8?,9-,11?/m1/s1. The Morgan fingerprint density at radius 3 is 2.85 bits per heavy atom. The molecule has 2 unspecified atom stereocenters. The summed E-state index contributed by atoms with van der Waals surface area (Å²) in [6, 6.07) is 0. The van der Waals surface area contributed by atoms with Crippen molar-refractivity contribution in [2.75, 3.05) is 5.73 Å². The first-order valence-electron chi connectivity index (χ1n) is 5.81. The minimum Gasteiger partial charge on any atom is -0.391 e. The molecule has 9 nitrogen and oxygen atoms in total. The Hall–Kier alpha value is -1.99. The van der Waals surface area contributed by atoms with E-state index in [2.05, 4.69) is 16.0 Å². The maximum atomic E-state index is 11.8.